The Morgan fingerprint density at radius 1 is 1.26 bits per heavy atom. The highest BCUT2D eigenvalue weighted by atomic mass is 19.4. The maximum absolute atomic E-state index is 13.3. The van der Waals surface area contributed by atoms with E-state index in [1.807, 2.05) is 13.8 Å². The van der Waals surface area contributed by atoms with E-state index in [-0.39, 0.29) is 29.6 Å². The van der Waals surface area contributed by atoms with Gasteiger partial charge in [-0.05, 0) is 49.9 Å². The Hall–Kier alpha value is -2.21. The second-order valence-corrected chi connectivity index (χ2v) is 10.3. The normalized spacial score (nSPS) is 25.0. The van der Waals surface area contributed by atoms with Crippen molar-refractivity contribution in [3.8, 4) is 0 Å². The average molecular weight is 506 g/mol. The van der Waals surface area contributed by atoms with Gasteiger partial charge in [0.1, 0.15) is 18.8 Å². The largest absolute Gasteiger partial charge is 0.522 e. The maximum atomic E-state index is 13.3. The van der Waals surface area contributed by atoms with Gasteiger partial charge in [0.2, 0.25) is 11.8 Å². The standard InChI is InChI=1S/C23H34F3N3O6/c1-13(2)8-18(34-3)21(33)29-12-22(5-6-22)10-16(29)20(32)28-15(9-14-4-7-27-19(14)31)17(30)11-35-23(24,25)26/h13-16,18H,4-12H2,1-3H3,(H,27,31)(H,28,32)/t14-,15-,16-,18?/m0/s1. The molecule has 2 N–H and O–H groups in total. The molecule has 3 aliphatic rings. The number of ketones is 1. The molecule has 0 bridgehead atoms. The van der Waals surface area contributed by atoms with Gasteiger partial charge < -0.3 is 20.3 Å². The topological polar surface area (TPSA) is 114 Å². The number of hydrogen-bond acceptors (Lipinski definition) is 6. The number of amides is 3. The Bertz CT molecular complexity index is 830. The maximum Gasteiger partial charge on any atom is 0.522 e. The monoisotopic (exact) mass is 505 g/mol. The number of methoxy groups -OCH3 is 1. The van der Waals surface area contributed by atoms with Crippen LogP contribution in [0.1, 0.15) is 52.4 Å². The summed E-state index contributed by atoms with van der Waals surface area (Å²) in [5, 5.41) is 5.15. The van der Waals surface area contributed by atoms with E-state index in [1.165, 1.54) is 12.0 Å². The van der Waals surface area contributed by atoms with Gasteiger partial charge in [-0.15, -0.1) is 13.2 Å². The number of rotatable bonds is 11. The summed E-state index contributed by atoms with van der Waals surface area (Å²) in [7, 11) is 1.44. The highest BCUT2D eigenvalue weighted by molar-refractivity contribution is 5.95. The Morgan fingerprint density at radius 2 is 1.94 bits per heavy atom. The van der Waals surface area contributed by atoms with E-state index in [4.69, 9.17) is 4.74 Å². The fourth-order valence-corrected chi connectivity index (χ4v) is 4.92. The SMILES string of the molecule is COC(CC(C)C)C(=O)N1CC2(CC2)C[C@H]1C(=O)N[C@@H](C[C@@H]1CCNC1=O)C(=O)COC(F)(F)F. The molecule has 198 valence electrons. The van der Waals surface area contributed by atoms with E-state index in [0.717, 1.165) is 12.8 Å². The molecule has 1 saturated carbocycles. The van der Waals surface area contributed by atoms with Crippen molar-refractivity contribution in [3.05, 3.63) is 0 Å². The third kappa shape index (κ3) is 7.16. The van der Waals surface area contributed by atoms with Crippen LogP contribution in [0.15, 0.2) is 0 Å². The molecular formula is C23H34F3N3O6. The first-order valence-corrected chi connectivity index (χ1v) is 12.0. The second-order valence-electron chi connectivity index (χ2n) is 10.3. The molecule has 9 nitrogen and oxygen atoms in total. The van der Waals surface area contributed by atoms with Gasteiger partial charge in [0.15, 0.2) is 5.78 Å². The molecule has 1 unspecified atom stereocenters. The number of nitrogens with one attached hydrogen (secondary N) is 2. The molecule has 0 aromatic carbocycles. The molecule has 0 radical (unpaired) electrons. The van der Waals surface area contributed by atoms with Crippen molar-refractivity contribution < 1.29 is 41.8 Å². The summed E-state index contributed by atoms with van der Waals surface area (Å²) >= 11 is 0. The van der Waals surface area contributed by atoms with E-state index in [9.17, 15) is 32.3 Å². The Balaban J connectivity index is 1.74. The van der Waals surface area contributed by atoms with Gasteiger partial charge in [-0.25, -0.2) is 0 Å². The molecule has 1 spiro atoms. The number of halogens is 3. The lowest BCUT2D eigenvalue weighted by molar-refractivity contribution is -0.321. The smallest absolute Gasteiger partial charge is 0.372 e. The Labute approximate surface area is 202 Å². The van der Waals surface area contributed by atoms with Crippen LogP contribution in [0, 0.1) is 17.3 Å². The van der Waals surface area contributed by atoms with Gasteiger partial charge in [0.05, 0.1) is 6.04 Å². The van der Waals surface area contributed by atoms with Crippen molar-refractivity contribution in [3.63, 3.8) is 0 Å². The minimum Gasteiger partial charge on any atom is -0.372 e. The Kier molecular flexibility index (Phi) is 8.46. The summed E-state index contributed by atoms with van der Waals surface area (Å²) in [5.74, 6) is -2.67. The van der Waals surface area contributed by atoms with Gasteiger partial charge in [0.25, 0.3) is 5.91 Å². The second kappa shape index (κ2) is 10.8. The van der Waals surface area contributed by atoms with Crippen molar-refractivity contribution in [2.75, 3.05) is 26.8 Å². The van der Waals surface area contributed by atoms with Crippen molar-refractivity contribution in [2.45, 2.75) is 76.9 Å². The van der Waals surface area contributed by atoms with Crippen LogP contribution < -0.4 is 10.6 Å². The van der Waals surface area contributed by atoms with Gasteiger partial charge in [0, 0.05) is 26.1 Å². The molecule has 2 saturated heterocycles. The first kappa shape index (κ1) is 27.4. The van der Waals surface area contributed by atoms with Crippen LogP contribution in [0.25, 0.3) is 0 Å². The zero-order valence-electron chi connectivity index (χ0n) is 20.3. The van der Waals surface area contributed by atoms with E-state index in [0.29, 0.717) is 32.4 Å². The molecular weight excluding hydrogens is 471 g/mol. The van der Waals surface area contributed by atoms with E-state index < -0.39 is 48.8 Å². The predicted molar refractivity (Wildman–Crippen MR) is 117 cm³/mol. The molecule has 3 rings (SSSR count). The summed E-state index contributed by atoms with van der Waals surface area (Å²) in [6.45, 7) is 3.41. The molecule has 4 atom stereocenters. The number of carbonyl (C=O) groups is 4. The van der Waals surface area contributed by atoms with E-state index in [1.54, 1.807) is 0 Å². The van der Waals surface area contributed by atoms with Crippen LogP contribution in [0.3, 0.4) is 0 Å². The fourth-order valence-electron chi connectivity index (χ4n) is 4.92. The van der Waals surface area contributed by atoms with E-state index in [2.05, 4.69) is 15.4 Å². The Morgan fingerprint density at radius 3 is 2.46 bits per heavy atom. The lowest BCUT2D eigenvalue weighted by Crippen LogP contribution is -2.54. The highest BCUT2D eigenvalue weighted by Crippen LogP contribution is 2.55. The van der Waals surface area contributed by atoms with Crippen molar-refractivity contribution in [1.82, 2.24) is 15.5 Å². The number of Topliss-reactive ketones (excluding diaryl/α,β-unsaturated/α-hetero) is 1. The molecule has 12 heteroatoms. The first-order chi connectivity index (χ1) is 16.3. The summed E-state index contributed by atoms with van der Waals surface area (Å²) in [4.78, 5) is 52.7. The quantitative estimate of drug-likeness (QED) is 0.441. The summed E-state index contributed by atoms with van der Waals surface area (Å²) in [6.07, 6.45) is -2.85. The van der Waals surface area contributed by atoms with Gasteiger partial charge in [-0.3, -0.25) is 23.9 Å². The fraction of sp³-hybridized carbons (Fsp3) is 0.826. The van der Waals surface area contributed by atoms with Crippen LogP contribution in [0.4, 0.5) is 13.2 Å². The third-order valence-corrected chi connectivity index (χ3v) is 7.06. The molecule has 3 fully saturated rings. The third-order valence-electron chi connectivity index (χ3n) is 7.06. The highest BCUT2D eigenvalue weighted by Gasteiger charge is 2.56. The molecule has 0 aromatic heterocycles. The molecule has 1 aliphatic carbocycles. The van der Waals surface area contributed by atoms with Crippen LogP contribution in [0.5, 0.6) is 0 Å². The predicted octanol–water partition coefficient (Wildman–Crippen LogP) is 1.55. The van der Waals surface area contributed by atoms with Crippen molar-refractivity contribution in [2.24, 2.45) is 17.3 Å². The lowest BCUT2D eigenvalue weighted by Gasteiger charge is -2.29. The molecule has 35 heavy (non-hydrogen) atoms. The number of ether oxygens (including phenoxy) is 2. The van der Waals surface area contributed by atoms with Crippen LogP contribution in [0.2, 0.25) is 0 Å². The van der Waals surface area contributed by atoms with Gasteiger partial charge in [-0.1, -0.05) is 13.8 Å². The summed E-state index contributed by atoms with van der Waals surface area (Å²) in [6, 6.07) is -2.22. The lowest BCUT2D eigenvalue weighted by atomic mass is 9.95. The molecule has 3 amide bonds. The number of alkyl halides is 3. The number of carbonyl (C=O) groups excluding carboxylic acids is 4. The number of hydrogen-bond donors (Lipinski definition) is 2. The van der Waals surface area contributed by atoms with Crippen LogP contribution >= 0.6 is 0 Å². The van der Waals surface area contributed by atoms with Crippen LogP contribution in [-0.4, -0.2) is 79.8 Å². The molecule has 0 aromatic rings. The minimum atomic E-state index is -5.01. The first-order valence-electron chi connectivity index (χ1n) is 12.0. The number of nitrogens with zero attached hydrogens (tertiary/aromatic N) is 1. The zero-order valence-corrected chi connectivity index (χ0v) is 20.3. The van der Waals surface area contributed by atoms with E-state index >= 15 is 0 Å². The molecule has 2 aliphatic heterocycles. The summed E-state index contributed by atoms with van der Waals surface area (Å²) in [5.41, 5.74) is -0.155. The average Bonchev–Trinajstić information content (AvgIpc) is 3.23. The minimum absolute atomic E-state index is 0.141. The van der Waals surface area contributed by atoms with Crippen molar-refractivity contribution in [1.29, 1.82) is 0 Å². The number of likely N-dealkylation sites (tertiary alicyclic amines) is 1. The van der Waals surface area contributed by atoms with Gasteiger partial charge in [-0.2, -0.15) is 0 Å². The van der Waals surface area contributed by atoms with Crippen molar-refractivity contribution >= 4 is 23.5 Å². The summed E-state index contributed by atoms with van der Waals surface area (Å²) < 4.78 is 46.6. The van der Waals surface area contributed by atoms with Gasteiger partial charge >= 0.3 is 6.36 Å². The van der Waals surface area contributed by atoms with Crippen LogP contribution in [-0.2, 0) is 28.7 Å². The zero-order chi connectivity index (χ0) is 26.0. The molecule has 2 heterocycles.